The Morgan fingerprint density at radius 3 is 2.76 bits per heavy atom. The fourth-order valence-corrected chi connectivity index (χ4v) is 2.69. The van der Waals surface area contributed by atoms with Crippen molar-refractivity contribution in [2.75, 3.05) is 5.73 Å². The summed E-state index contributed by atoms with van der Waals surface area (Å²) in [6.45, 7) is 0.317. The fraction of sp³-hybridized carbons (Fsp3) is 0.0769. The van der Waals surface area contributed by atoms with Gasteiger partial charge in [-0.1, -0.05) is 30.3 Å². The van der Waals surface area contributed by atoms with Crippen LogP contribution in [0.5, 0.6) is 0 Å². The molecule has 0 aliphatic rings. The number of hydrogen-bond donors (Lipinski definition) is 1. The van der Waals surface area contributed by atoms with E-state index in [9.17, 15) is 10.1 Å². The van der Waals surface area contributed by atoms with E-state index in [0.29, 0.717) is 6.54 Å². The summed E-state index contributed by atoms with van der Waals surface area (Å²) in [5.74, 6) is 0.0384. The van der Waals surface area contributed by atoms with Crippen LogP contribution in [0.15, 0.2) is 41.9 Å². The number of aromatic nitrogens is 3. The van der Waals surface area contributed by atoms with Gasteiger partial charge >= 0.3 is 5.69 Å². The van der Waals surface area contributed by atoms with Crippen molar-refractivity contribution in [3.8, 4) is 11.3 Å². The molecule has 8 heteroatoms. The predicted molar refractivity (Wildman–Crippen MR) is 79.9 cm³/mol. The van der Waals surface area contributed by atoms with Crippen molar-refractivity contribution in [1.29, 1.82) is 0 Å². The molecule has 2 heterocycles. The summed E-state index contributed by atoms with van der Waals surface area (Å²) in [5, 5.41) is 17.4. The van der Waals surface area contributed by atoms with Gasteiger partial charge in [0, 0.05) is 10.9 Å². The lowest BCUT2D eigenvalue weighted by Gasteiger charge is -2.00. The summed E-state index contributed by atoms with van der Waals surface area (Å²) in [6.07, 6.45) is 1.15. The molecule has 0 unspecified atom stereocenters. The van der Waals surface area contributed by atoms with Crippen molar-refractivity contribution >= 4 is 22.8 Å². The molecule has 2 aromatic heterocycles. The number of rotatable bonds is 4. The molecular weight excluding hydrogens is 290 g/mol. The molecule has 0 saturated heterocycles. The molecule has 3 rings (SSSR count). The minimum Gasteiger partial charge on any atom is -0.378 e. The summed E-state index contributed by atoms with van der Waals surface area (Å²) >= 11 is 1.47. The summed E-state index contributed by atoms with van der Waals surface area (Å²) in [7, 11) is 0. The second kappa shape index (κ2) is 5.33. The molecular formula is C13H11N5O2S. The third-order valence-electron chi connectivity index (χ3n) is 2.96. The highest BCUT2D eigenvalue weighted by Gasteiger charge is 2.18. The number of benzene rings is 1. The zero-order valence-corrected chi connectivity index (χ0v) is 11.7. The van der Waals surface area contributed by atoms with Crippen molar-refractivity contribution < 1.29 is 4.92 Å². The topological polar surface area (TPSA) is 99.9 Å². The number of anilines is 1. The number of nitro groups is 1. The van der Waals surface area contributed by atoms with Gasteiger partial charge < -0.3 is 5.73 Å². The largest absolute Gasteiger partial charge is 0.378 e. The standard InChI is InChI=1S/C13H11N5O2S/c14-13-11(18(19)20)6-15-17(13)7-12-16-10(8-21-12)9-4-2-1-3-5-9/h1-6,8H,7,14H2. The fourth-order valence-electron chi connectivity index (χ4n) is 1.90. The Labute approximate surface area is 123 Å². The average molecular weight is 301 g/mol. The minimum absolute atomic E-state index is 0.0384. The average Bonchev–Trinajstić information content (AvgIpc) is 3.08. The van der Waals surface area contributed by atoms with Crippen LogP contribution in [0.1, 0.15) is 5.01 Å². The Morgan fingerprint density at radius 1 is 1.33 bits per heavy atom. The molecule has 0 aliphatic heterocycles. The van der Waals surface area contributed by atoms with E-state index in [1.54, 1.807) is 0 Å². The first-order chi connectivity index (χ1) is 10.1. The van der Waals surface area contributed by atoms with E-state index in [0.717, 1.165) is 22.5 Å². The lowest BCUT2D eigenvalue weighted by molar-refractivity contribution is -0.384. The minimum atomic E-state index is -0.546. The van der Waals surface area contributed by atoms with Gasteiger partial charge in [-0.25, -0.2) is 9.67 Å². The van der Waals surface area contributed by atoms with E-state index in [1.165, 1.54) is 16.0 Å². The van der Waals surface area contributed by atoms with Gasteiger partial charge in [-0.2, -0.15) is 5.10 Å². The van der Waals surface area contributed by atoms with Gasteiger partial charge in [0.05, 0.1) is 17.2 Å². The number of nitrogens with two attached hydrogens (primary N) is 1. The summed E-state index contributed by atoms with van der Waals surface area (Å²) in [5.41, 5.74) is 7.42. The van der Waals surface area contributed by atoms with Crippen LogP contribution in [0.3, 0.4) is 0 Å². The van der Waals surface area contributed by atoms with Crippen molar-refractivity contribution in [2.24, 2.45) is 0 Å². The van der Waals surface area contributed by atoms with Crippen LogP contribution in [-0.4, -0.2) is 19.7 Å². The molecule has 0 aliphatic carbocycles. The third kappa shape index (κ3) is 2.61. The van der Waals surface area contributed by atoms with E-state index in [-0.39, 0.29) is 11.5 Å². The molecule has 0 amide bonds. The Morgan fingerprint density at radius 2 is 2.10 bits per heavy atom. The molecule has 21 heavy (non-hydrogen) atoms. The van der Waals surface area contributed by atoms with E-state index in [1.807, 2.05) is 35.7 Å². The maximum absolute atomic E-state index is 10.7. The van der Waals surface area contributed by atoms with Crippen molar-refractivity contribution in [3.05, 3.63) is 57.0 Å². The van der Waals surface area contributed by atoms with E-state index in [4.69, 9.17) is 5.73 Å². The van der Waals surface area contributed by atoms with Crippen molar-refractivity contribution in [2.45, 2.75) is 6.54 Å². The number of hydrogen-bond acceptors (Lipinski definition) is 6. The maximum Gasteiger partial charge on any atom is 0.330 e. The van der Waals surface area contributed by atoms with Gasteiger partial charge in [0.2, 0.25) is 5.82 Å². The van der Waals surface area contributed by atoms with E-state index in [2.05, 4.69) is 10.1 Å². The molecule has 0 fully saturated rings. The lowest BCUT2D eigenvalue weighted by Crippen LogP contribution is -2.06. The highest BCUT2D eigenvalue weighted by molar-refractivity contribution is 7.09. The highest BCUT2D eigenvalue weighted by atomic mass is 32.1. The quantitative estimate of drug-likeness (QED) is 0.589. The smallest absolute Gasteiger partial charge is 0.330 e. The van der Waals surface area contributed by atoms with Crippen LogP contribution in [0, 0.1) is 10.1 Å². The first kappa shape index (κ1) is 13.3. The van der Waals surface area contributed by atoms with Crippen molar-refractivity contribution in [3.63, 3.8) is 0 Å². The van der Waals surface area contributed by atoms with Crippen LogP contribution in [0.4, 0.5) is 11.5 Å². The Kier molecular flexibility index (Phi) is 3.36. The molecule has 1 aromatic carbocycles. The zero-order valence-electron chi connectivity index (χ0n) is 10.8. The second-order valence-corrected chi connectivity index (χ2v) is 5.26. The van der Waals surface area contributed by atoms with Gasteiger partial charge in [-0.15, -0.1) is 11.3 Å². The monoisotopic (exact) mass is 301 g/mol. The molecule has 0 radical (unpaired) electrons. The number of thiazole rings is 1. The van der Waals surface area contributed by atoms with Gasteiger partial charge in [0.1, 0.15) is 11.2 Å². The lowest BCUT2D eigenvalue weighted by atomic mass is 10.2. The van der Waals surface area contributed by atoms with Gasteiger partial charge in [0.25, 0.3) is 0 Å². The van der Waals surface area contributed by atoms with Gasteiger partial charge in [0.15, 0.2) is 0 Å². The first-order valence-corrected chi connectivity index (χ1v) is 6.98. The summed E-state index contributed by atoms with van der Waals surface area (Å²) in [4.78, 5) is 14.7. The normalized spacial score (nSPS) is 10.7. The second-order valence-electron chi connectivity index (χ2n) is 4.32. The van der Waals surface area contributed by atoms with E-state index < -0.39 is 4.92 Å². The first-order valence-electron chi connectivity index (χ1n) is 6.10. The zero-order chi connectivity index (χ0) is 14.8. The molecule has 0 saturated carbocycles. The maximum atomic E-state index is 10.7. The molecule has 0 atom stereocenters. The van der Waals surface area contributed by atoms with Crippen LogP contribution >= 0.6 is 11.3 Å². The van der Waals surface area contributed by atoms with Gasteiger partial charge in [-0.05, 0) is 0 Å². The SMILES string of the molecule is Nc1c([N+](=O)[O-])cnn1Cc1nc(-c2ccccc2)cs1. The molecule has 3 aromatic rings. The summed E-state index contributed by atoms with van der Waals surface area (Å²) in [6, 6.07) is 9.80. The van der Waals surface area contributed by atoms with Crippen LogP contribution in [0.25, 0.3) is 11.3 Å². The van der Waals surface area contributed by atoms with Crippen molar-refractivity contribution in [1.82, 2.24) is 14.8 Å². The van der Waals surface area contributed by atoms with Crippen LogP contribution in [0.2, 0.25) is 0 Å². The number of nitrogens with zero attached hydrogens (tertiary/aromatic N) is 4. The molecule has 7 nitrogen and oxygen atoms in total. The summed E-state index contributed by atoms with van der Waals surface area (Å²) < 4.78 is 1.38. The third-order valence-corrected chi connectivity index (χ3v) is 3.80. The molecule has 0 bridgehead atoms. The molecule has 2 N–H and O–H groups in total. The Bertz CT molecular complexity index is 781. The van der Waals surface area contributed by atoms with Gasteiger partial charge in [-0.3, -0.25) is 10.1 Å². The highest BCUT2D eigenvalue weighted by Crippen LogP contribution is 2.24. The molecule has 106 valence electrons. The Hall–Kier alpha value is -2.74. The van der Waals surface area contributed by atoms with E-state index >= 15 is 0 Å². The number of nitrogen functional groups attached to an aromatic ring is 1. The predicted octanol–water partition coefficient (Wildman–Crippen LogP) is 2.55. The Balaban J connectivity index is 1.84. The van der Waals surface area contributed by atoms with Crippen LogP contribution < -0.4 is 5.73 Å². The molecule has 0 spiro atoms. The van der Waals surface area contributed by atoms with Crippen LogP contribution in [-0.2, 0) is 6.54 Å².